The molecule has 1 N–H and O–H groups in total. The highest BCUT2D eigenvalue weighted by Gasteiger charge is 2.12. The zero-order valence-electron chi connectivity index (χ0n) is 11.5. The van der Waals surface area contributed by atoms with Gasteiger partial charge in [-0.1, -0.05) is 6.07 Å². The van der Waals surface area contributed by atoms with E-state index in [0.717, 1.165) is 6.07 Å². The van der Waals surface area contributed by atoms with E-state index in [-0.39, 0.29) is 11.1 Å². The first-order chi connectivity index (χ1) is 9.92. The second-order valence-corrected chi connectivity index (χ2v) is 4.56. The first kappa shape index (κ1) is 14.7. The number of methoxy groups -OCH3 is 1. The lowest BCUT2D eigenvalue weighted by Crippen LogP contribution is -2.02. The van der Waals surface area contributed by atoms with Crippen LogP contribution in [0.15, 0.2) is 36.4 Å². The minimum atomic E-state index is -1.03. The third-order valence-corrected chi connectivity index (χ3v) is 3.10. The van der Waals surface area contributed by atoms with Crippen LogP contribution in [0.4, 0.5) is 4.39 Å². The standard InChI is InChI=1S/C16H13FO4/c1-9-5-10(15(18)19)3-4-14(9)11-6-12(16(20)21-2)8-13(17)7-11/h3-8H,1-2H3,(H,18,19). The van der Waals surface area contributed by atoms with Gasteiger partial charge in [0.2, 0.25) is 0 Å². The summed E-state index contributed by atoms with van der Waals surface area (Å²) in [7, 11) is 1.22. The highest BCUT2D eigenvalue weighted by Crippen LogP contribution is 2.26. The molecule has 0 bridgehead atoms. The Morgan fingerprint density at radius 3 is 2.38 bits per heavy atom. The second kappa shape index (κ2) is 5.75. The van der Waals surface area contributed by atoms with Crippen LogP contribution in [0.2, 0.25) is 0 Å². The number of benzene rings is 2. The molecule has 0 aliphatic heterocycles. The molecule has 2 aromatic carbocycles. The van der Waals surface area contributed by atoms with E-state index < -0.39 is 17.8 Å². The van der Waals surface area contributed by atoms with Gasteiger partial charge in [-0.3, -0.25) is 0 Å². The monoisotopic (exact) mass is 288 g/mol. The van der Waals surface area contributed by atoms with Crippen molar-refractivity contribution < 1.29 is 23.8 Å². The Hall–Kier alpha value is -2.69. The van der Waals surface area contributed by atoms with Crippen LogP contribution in [0.25, 0.3) is 11.1 Å². The van der Waals surface area contributed by atoms with Crippen LogP contribution in [0, 0.1) is 12.7 Å². The van der Waals surface area contributed by atoms with Crippen LogP contribution in [0.3, 0.4) is 0 Å². The molecule has 0 heterocycles. The Bertz CT molecular complexity index is 722. The number of rotatable bonds is 3. The van der Waals surface area contributed by atoms with Gasteiger partial charge in [0, 0.05) is 0 Å². The van der Waals surface area contributed by atoms with E-state index in [2.05, 4.69) is 4.74 Å². The van der Waals surface area contributed by atoms with Gasteiger partial charge >= 0.3 is 11.9 Å². The molecule has 0 saturated heterocycles. The zero-order valence-corrected chi connectivity index (χ0v) is 11.5. The molecule has 2 aromatic rings. The Morgan fingerprint density at radius 2 is 1.81 bits per heavy atom. The lowest BCUT2D eigenvalue weighted by Gasteiger charge is -2.09. The Balaban J connectivity index is 2.54. The molecule has 2 rings (SSSR count). The fraction of sp³-hybridized carbons (Fsp3) is 0.125. The fourth-order valence-corrected chi connectivity index (χ4v) is 2.10. The summed E-state index contributed by atoms with van der Waals surface area (Å²) in [5.74, 6) is -2.22. The van der Waals surface area contributed by atoms with Gasteiger partial charge in [0.05, 0.1) is 18.2 Å². The van der Waals surface area contributed by atoms with Gasteiger partial charge in [0.1, 0.15) is 5.82 Å². The molecule has 5 heteroatoms. The lowest BCUT2D eigenvalue weighted by atomic mass is 9.97. The molecule has 0 unspecified atom stereocenters. The van der Waals surface area contributed by atoms with Crippen molar-refractivity contribution in [3.63, 3.8) is 0 Å². The van der Waals surface area contributed by atoms with Crippen molar-refractivity contribution in [2.75, 3.05) is 7.11 Å². The van der Waals surface area contributed by atoms with Crippen LogP contribution in [-0.2, 0) is 4.74 Å². The summed E-state index contributed by atoms with van der Waals surface area (Å²) >= 11 is 0. The van der Waals surface area contributed by atoms with Crippen molar-refractivity contribution in [1.82, 2.24) is 0 Å². The first-order valence-corrected chi connectivity index (χ1v) is 6.15. The molecular weight excluding hydrogens is 275 g/mol. The number of aromatic carboxylic acids is 1. The summed E-state index contributed by atoms with van der Waals surface area (Å²) in [6.07, 6.45) is 0. The SMILES string of the molecule is COC(=O)c1cc(F)cc(-c2ccc(C(=O)O)cc2C)c1. The number of hydrogen-bond acceptors (Lipinski definition) is 3. The Kier molecular flexibility index (Phi) is 4.03. The highest BCUT2D eigenvalue weighted by molar-refractivity contribution is 5.92. The van der Waals surface area contributed by atoms with Gasteiger partial charge in [-0.2, -0.15) is 0 Å². The van der Waals surface area contributed by atoms with E-state index in [1.165, 1.54) is 31.4 Å². The molecule has 0 atom stereocenters. The number of ether oxygens (including phenoxy) is 1. The Labute approximate surface area is 120 Å². The molecule has 0 saturated carbocycles. The van der Waals surface area contributed by atoms with Crippen LogP contribution >= 0.6 is 0 Å². The number of carbonyl (C=O) groups excluding carboxylic acids is 1. The molecule has 21 heavy (non-hydrogen) atoms. The van der Waals surface area contributed by atoms with Crippen molar-refractivity contribution in [3.8, 4) is 11.1 Å². The minimum Gasteiger partial charge on any atom is -0.478 e. The molecule has 0 amide bonds. The molecule has 0 aromatic heterocycles. The third kappa shape index (κ3) is 3.08. The summed E-state index contributed by atoms with van der Waals surface area (Å²) in [6.45, 7) is 1.73. The van der Waals surface area contributed by atoms with Crippen LogP contribution in [0.1, 0.15) is 26.3 Å². The van der Waals surface area contributed by atoms with E-state index in [1.54, 1.807) is 13.0 Å². The first-order valence-electron chi connectivity index (χ1n) is 6.15. The zero-order chi connectivity index (χ0) is 15.6. The maximum absolute atomic E-state index is 13.6. The Morgan fingerprint density at radius 1 is 1.10 bits per heavy atom. The lowest BCUT2D eigenvalue weighted by molar-refractivity contribution is 0.0599. The summed E-state index contributed by atoms with van der Waals surface area (Å²) < 4.78 is 18.2. The van der Waals surface area contributed by atoms with Gasteiger partial charge in [0.15, 0.2) is 0 Å². The molecule has 0 spiro atoms. The molecule has 0 radical (unpaired) electrons. The van der Waals surface area contributed by atoms with Crippen molar-refractivity contribution in [1.29, 1.82) is 0 Å². The fourth-order valence-electron chi connectivity index (χ4n) is 2.10. The van der Waals surface area contributed by atoms with E-state index in [1.807, 2.05) is 0 Å². The minimum absolute atomic E-state index is 0.106. The van der Waals surface area contributed by atoms with E-state index in [4.69, 9.17) is 5.11 Å². The van der Waals surface area contributed by atoms with Crippen molar-refractivity contribution in [2.45, 2.75) is 6.92 Å². The normalized spacial score (nSPS) is 10.2. The second-order valence-electron chi connectivity index (χ2n) is 4.56. The number of halogens is 1. The van der Waals surface area contributed by atoms with Gasteiger partial charge < -0.3 is 9.84 Å². The average molecular weight is 288 g/mol. The van der Waals surface area contributed by atoms with Crippen LogP contribution < -0.4 is 0 Å². The summed E-state index contributed by atoms with van der Waals surface area (Å²) in [5, 5.41) is 8.94. The summed E-state index contributed by atoms with van der Waals surface area (Å²) in [5.41, 5.74) is 2.08. The topological polar surface area (TPSA) is 63.6 Å². The molecule has 4 nitrogen and oxygen atoms in total. The molecular formula is C16H13FO4. The van der Waals surface area contributed by atoms with Gasteiger partial charge in [0.25, 0.3) is 0 Å². The average Bonchev–Trinajstić information content (AvgIpc) is 2.45. The summed E-state index contributed by atoms with van der Waals surface area (Å²) in [4.78, 5) is 22.4. The predicted molar refractivity (Wildman–Crippen MR) is 74.9 cm³/mol. The maximum atomic E-state index is 13.6. The predicted octanol–water partition coefficient (Wildman–Crippen LogP) is 3.29. The number of carboxylic acid groups (broad SMARTS) is 1. The number of esters is 1. The van der Waals surface area contributed by atoms with Gasteiger partial charge in [-0.25, -0.2) is 14.0 Å². The van der Waals surface area contributed by atoms with Crippen LogP contribution in [0.5, 0.6) is 0 Å². The highest BCUT2D eigenvalue weighted by atomic mass is 19.1. The third-order valence-electron chi connectivity index (χ3n) is 3.10. The largest absolute Gasteiger partial charge is 0.478 e. The quantitative estimate of drug-likeness (QED) is 0.880. The number of carboxylic acids is 1. The molecule has 0 aliphatic rings. The van der Waals surface area contributed by atoms with Gasteiger partial charge in [-0.05, 0) is 53.9 Å². The molecule has 0 fully saturated rings. The smallest absolute Gasteiger partial charge is 0.337 e. The molecule has 108 valence electrons. The van der Waals surface area contributed by atoms with Gasteiger partial charge in [-0.15, -0.1) is 0 Å². The van der Waals surface area contributed by atoms with Crippen molar-refractivity contribution in [3.05, 3.63) is 58.9 Å². The van der Waals surface area contributed by atoms with Crippen molar-refractivity contribution in [2.24, 2.45) is 0 Å². The van der Waals surface area contributed by atoms with E-state index in [0.29, 0.717) is 16.7 Å². The number of aryl methyl sites for hydroxylation is 1. The number of hydrogen-bond donors (Lipinski definition) is 1. The van der Waals surface area contributed by atoms with Crippen LogP contribution in [-0.4, -0.2) is 24.2 Å². The van der Waals surface area contributed by atoms with Crippen molar-refractivity contribution >= 4 is 11.9 Å². The van der Waals surface area contributed by atoms with E-state index >= 15 is 0 Å². The molecule has 0 aliphatic carbocycles. The number of carbonyl (C=O) groups is 2. The summed E-state index contributed by atoms with van der Waals surface area (Å²) in [6, 6.07) is 8.42. The van der Waals surface area contributed by atoms with E-state index in [9.17, 15) is 14.0 Å². The maximum Gasteiger partial charge on any atom is 0.337 e.